The molecule has 2 aromatic rings. The Hall–Kier alpha value is -1.65. The quantitative estimate of drug-likeness (QED) is 0.704. The number of rotatable bonds is 4. The van der Waals surface area contributed by atoms with Gasteiger partial charge in [0.15, 0.2) is 0 Å². The Morgan fingerprint density at radius 3 is 2.35 bits per heavy atom. The summed E-state index contributed by atoms with van der Waals surface area (Å²) in [4.78, 5) is 18.3. The SMILES string of the molecule is Cc1ccc(S[C@H](C)C(=O)N2CCN(c3cc(Cl)ccc3C)CC2)cc1. The number of hydrogen-bond donors (Lipinski definition) is 0. The van der Waals surface area contributed by atoms with Crippen LogP contribution in [0.2, 0.25) is 5.02 Å². The van der Waals surface area contributed by atoms with Crippen molar-refractivity contribution in [2.24, 2.45) is 0 Å². The number of thioether (sulfide) groups is 1. The van der Waals surface area contributed by atoms with Gasteiger partial charge in [0.05, 0.1) is 5.25 Å². The molecule has 0 saturated carbocycles. The maximum atomic E-state index is 12.8. The molecule has 0 aliphatic carbocycles. The second-order valence-electron chi connectivity index (χ2n) is 6.82. The number of piperazine rings is 1. The molecule has 1 heterocycles. The normalized spacial score (nSPS) is 15.8. The highest BCUT2D eigenvalue weighted by Gasteiger charge is 2.26. The number of carbonyl (C=O) groups is 1. The third kappa shape index (κ3) is 4.54. The van der Waals surface area contributed by atoms with Gasteiger partial charge in [-0.3, -0.25) is 4.79 Å². The zero-order chi connectivity index (χ0) is 18.7. The Labute approximate surface area is 165 Å². The van der Waals surface area contributed by atoms with Crippen LogP contribution in [0.5, 0.6) is 0 Å². The lowest BCUT2D eigenvalue weighted by atomic mass is 10.1. The summed E-state index contributed by atoms with van der Waals surface area (Å²) >= 11 is 7.78. The van der Waals surface area contributed by atoms with Crippen LogP contribution in [0.25, 0.3) is 0 Å². The lowest BCUT2D eigenvalue weighted by Gasteiger charge is -2.37. The first-order valence-electron chi connectivity index (χ1n) is 8.97. The van der Waals surface area contributed by atoms with E-state index in [2.05, 4.69) is 49.1 Å². The van der Waals surface area contributed by atoms with E-state index in [1.807, 2.05) is 24.0 Å². The standard InChI is InChI=1S/C21H25ClN2OS/c1-15-4-8-19(9-5-15)26-17(3)21(25)24-12-10-23(11-13-24)20-14-18(22)7-6-16(20)2/h4-9,14,17H,10-13H2,1-3H3/t17-/m1/s1. The van der Waals surface area contributed by atoms with Gasteiger partial charge in [0, 0.05) is 41.8 Å². The van der Waals surface area contributed by atoms with Crippen LogP contribution in [0.3, 0.4) is 0 Å². The number of benzene rings is 2. The average Bonchev–Trinajstić information content (AvgIpc) is 2.65. The Kier molecular flexibility index (Phi) is 6.15. The number of carbonyl (C=O) groups excluding carboxylic acids is 1. The summed E-state index contributed by atoms with van der Waals surface area (Å²) < 4.78 is 0. The predicted octanol–water partition coefficient (Wildman–Crippen LogP) is 4.79. The van der Waals surface area contributed by atoms with Gasteiger partial charge in [-0.15, -0.1) is 11.8 Å². The highest BCUT2D eigenvalue weighted by atomic mass is 35.5. The molecule has 3 rings (SSSR count). The van der Waals surface area contributed by atoms with Gasteiger partial charge in [-0.05, 0) is 50.6 Å². The maximum Gasteiger partial charge on any atom is 0.235 e. The van der Waals surface area contributed by atoms with E-state index in [4.69, 9.17) is 11.6 Å². The zero-order valence-electron chi connectivity index (χ0n) is 15.5. The third-order valence-electron chi connectivity index (χ3n) is 4.78. The number of aryl methyl sites for hydroxylation is 2. The lowest BCUT2D eigenvalue weighted by molar-refractivity contribution is -0.130. The van der Waals surface area contributed by atoms with E-state index in [-0.39, 0.29) is 11.2 Å². The molecule has 1 aliphatic heterocycles. The molecule has 0 spiro atoms. The van der Waals surface area contributed by atoms with Crippen molar-refractivity contribution in [2.75, 3.05) is 31.1 Å². The van der Waals surface area contributed by atoms with Gasteiger partial charge >= 0.3 is 0 Å². The van der Waals surface area contributed by atoms with Crippen LogP contribution in [-0.2, 0) is 4.79 Å². The summed E-state index contributed by atoms with van der Waals surface area (Å²) in [6.45, 7) is 9.37. The van der Waals surface area contributed by atoms with Crippen LogP contribution in [0.4, 0.5) is 5.69 Å². The molecular formula is C21H25ClN2OS. The summed E-state index contributed by atoms with van der Waals surface area (Å²) in [6, 6.07) is 14.3. The monoisotopic (exact) mass is 388 g/mol. The van der Waals surface area contributed by atoms with E-state index in [0.29, 0.717) is 0 Å². The molecule has 1 fully saturated rings. The molecule has 3 nitrogen and oxygen atoms in total. The molecule has 1 atom stereocenters. The first kappa shape index (κ1) is 19.1. The second kappa shape index (κ2) is 8.36. The Morgan fingerprint density at radius 2 is 1.69 bits per heavy atom. The van der Waals surface area contributed by atoms with E-state index in [0.717, 1.165) is 36.1 Å². The van der Waals surface area contributed by atoms with Crippen LogP contribution in [0.15, 0.2) is 47.4 Å². The zero-order valence-corrected chi connectivity index (χ0v) is 17.1. The summed E-state index contributed by atoms with van der Waals surface area (Å²) in [7, 11) is 0. The molecular weight excluding hydrogens is 364 g/mol. The fourth-order valence-electron chi connectivity index (χ4n) is 3.22. The molecule has 1 aliphatic rings. The summed E-state index contributed by atoms with van der Waals surface area (Å²) in [5, 5.41) is 0.685. The first-order valence-corrected chi connectivity index (χ1v) is 10.2. The molecule has 1 saturated heterocycles. The number of hydrogen-bond acceptors (Lipinski definition) is 3. The lowest BCUT2D eigenvalue weighted by Crippen LogP contribution is -2.50. The fraction of sp³-hybridized carbons (Fsp3) is 0.381. The van der Waals surface area contributed by atoms with Crippen molar-refractivity contribution < 1.29 is 4.79 Å². The molecule has 26 heavy (non-hydrogen) atoms. The van der Waals surface area contributed by atoms with Crippen LogP contribution >= 0.6 is 23.4 Å². The van der Waals surface area contributed by atoms with Gasteiger partial charge in [0.1, 0.15) is 0 Å². The van der Waals surface area contributed by atoms with E-state index < -0.39 is 0 Å². The molecule has 0 aromatic heterocycles. The molecule has 2 aromatic carbocycles. The molecule has 0 N–H and O–H groups in total. The Bertz CT molecular complexity index is 770. The van der Waals surface area contributed by atoms with Crippen LogP contribution < -0.4 is 4.90 Å². The Balaban J connectivity index is 1.57. The predicted molar refractivity (Wildman–Crippen MR) is 111 cm³/mol. The molecule has 138 valence electrons. The fourth-order valence-corrected chi connectivity index (χ4v) is 4.34. The van der Waals surface area contributed by atoms with E-state index >= 15 is 0 Å². The summed E-state index contributed by atoms with van der Waals surface area (Å²) in [5.41, 5.74) is 3.63. The summed E-state index contributed by atoms with van der Waals surface area (Å²) in [5.74, 6) is 0.220. The maximum absolute atomic E-state index is 12.8. The first-order chi connectivity index (χ1) is 12.4. The van der Waals surface area contributed by atoms with Gasteiger partial charge < -0.3 is 9.80 Å². The van der Waals surface area contributed by atoms with Crippen molar-refractivity contribution in [1.29, 1.82) is 0 Å². The minimum Gasteiger partial charge on any atom is -0.368 e. The molecule has 0 unspecified atom stereocenters. The second-order valence-corrected chi connectivity index (χ2v) is 8.67. The number of amides is 1. The van der Waals surface area contributed by atoms with E-state index in [1.165, 1.54) is 16.8 Å². The smallest absolute Gasteiger partial charge is 0.235 e. The molecule has 1 amide bonds. The highest BCUT2D eigenvalue weighted by Crippen LogP contribution is 2.27. The van der Waals surface area contributed by atoms with Crippen molar-refractivity contribution in [1.82, 2.24) is 4.90 Å². The average molecular weight is 389 g/mol. The molecule has 0 radical (unpaired) electrons. The van der Waals surface area contributed by atoms with Gasteiger partial charge in [0.25, 0.3) is 0 Å². The number of anilines is 1. The van der Waals surface area contributed by atoms with Gasteiger partial charge in [-0.25, -0.2) is 0 Å². The molecule has 5 heteroatoms. The minimum absolute atomic E-state index is 0.0721. The number of halogens is 1. The van der Waals surface area contributed by atoms with Crippen LogP contribution in [-0.4, -0.2) is 42.2 Å². The molecule has 0 bridgehead atoms. The van der Waals surface area contributed by atoms with Crippen LogP contribution in [0, 0.1) is 13.8 Å². The largest absolute Gasteiger partial charge is 0.368 e. The van der Waals surface area contributed by atoms with Crippen molar-refractivity contribution in [3.63, 3.8) is 0 Å². The van der Waals surface area contributed by atoms with Gasteiger partial charge in [-0.2, -0.15) is 0 Å². The van der Waals surface area contributed by atoms with Gasteiger partial charge in [-0.1, -0.05) is 35.4 Å². The van der Waals surface area contributed by atoms with Crippen molar-refractivity contribution >= 4 is 35.0 Å². The van der Waals surface area contributed by atoms with E-state index in [9.17, 15) is 4.79 Å². The summed E-state index contributed by atoms with van der Waals surface area (Å²) in [6.07, 6.45) is 0. The number of nitrogens with zero attached hydrogens (tertiary/aromatic N) is 2. The van der Waals surface area contributed by atoms with Crippen LogP contribution in [0.1, 0.15) is 18.1 Å². The van der Waals surface area contributed by atoms with Crippen molar-refractivity contribution in [3.05, 3.63) is 58.6 Å². The minimum atomic E-state index is -0.0721. The topological polar surface area (TPSA) is 23.6 Å². The van der Waals surface area contributed by atoms with Crippen molar-refractivity contribution in [2.45, 2.75) is 30.9 Å². The highest BCUT2D eigenvalue weighted by molar-refractivity contribution is 8.00. The van der Waals surface area contributed by atoms with Crippen molar-refractivity contribution in [3.8, 4) is 0 Å². The van der Waals surface area contributed by atoms with Gasteiger partial charge in [0.2, 0.25) is 5.91 Å². The van der Waals surface area contributed by atoms with E-state index in [1.54, 1.807) is 11.8 Å². The third-order valence-corrected chi connectivity index (χ3v) is 6.12. The Morgan fingerprint density at radius 1 is 1.04 bits per heavy atom.